The maximum Gasteiger partial charge on any atom is 0.203 e. The van der Waals surface area contributed by atoms with Crippen molar-refractivity contribution in [2.24, 2.45) is 4.99 Å². The van der Waals surface area contributed by atoms with Crippen LogP contribution < -0.4 is 4.90 Å². The average molecular weight is 350 g/mol. The summed E-state index contributed by atoms with van der Waals surface area (Å²) < 4.78 is 0. The number of carbonyl (C=O) groups excluding carboxylic acids is 1. The molecule has 0 saturated heterocycles. The first-order valence-electron chi connectivity index (χ1n) is 9.28. The minimum absolute atomic E-state index is 0.0637. The number of aliphatic hydroxyl groups excluding tert-OH is 1. The number of aliphatic hydroxyl groups is 1. The SMILES string of the molecule is CCC1=C(C)/C(=C2\C(=O)C(c3ccc(N(CC)CC)cc3)=C2O)N=C1C. The van der Waals surface area contributed by atoms with E-state index in [2.05, 4.69) is 30.7 Å². The van der Waals surface area contributed by atoms with Gasteiger partial charge in [-0.25, -0.2) is 0 Å². The lowest BCUT2D eigenvalue weighted by atomic mass is 9.81. The fourth-order valence-electron chi connectivity index (χ4n) is 3.82. The van der Waals surface area contributed by atoms with E-state index in [-0.39, 0.29) is 11.5 Å². The monoisotopic (exact) mass is 350 g/mol. The van der Waals surface area contributed by atoms with Gasteiger partial charge < -0.3 is 10.0 Å². The van der Waals surface area contributed by atoms with Crippen LogP contribution in [0.1, 0.15) is 46.6 Å². The Bertz CT molecular complexity index is 879. The van der Waals surface area contributed by atoms with Crippen LogP contribution in [0.5, 0.6) is 0 Å². The summed E-state index contributed by atoms with van der Waals surface area (Å²) in [6, 6.07) is 7.81. The van der Waals surface area contributed by atoms with E-state index in [0.717, 1.165) is 47.6 Å². The molecular weight excluding hydrogens is 324 g/mol. The van der Waals surface area contributed by atoms with Gasteiger partial charge in [-0.2, -0.15) is 0 Å². The Kier molecular flexibility index (Phi) is 4.86. The number of hydrogen-bond acceptors (Lipinski definition) is 4. The molecule has 1 aromatic rings. The van der Waals surface area contributed by atoms with E-state index >= 15 is 0 Å². The smallest absolute Gasteiger partial charge is 0.203 e. The van der Waals surface area contributed by atoms with Crippen LogP contribution in [0.15, 0.2) is 57.4 Å². The third-order valence-electron chi connectivity index (χ3n) is 5.33. The fraction of sp³-hybridized carbons (Fsp3) is 0.364. The quantitative estimate of drug-likeness (QED) is 0.773. The van der Waals surface area contributed by atoms with Gasteiger partial charge in [-0.05, 0) is 63.0 Å². The molecule has 4 heteroatoms. The van der Waals surface area contributed by atoms with E-state index in [1.165, 1.54) is 0 Å². The summed E-state index contributed by atoms with van der Waals surface area (Å²) in [5.41, 5.74) is 6.34. The molecule has 3 rings (SSSR count). The second-order valence-corrected chi connectivity index (χ2v) is 6.65. The molecule has 1 aliphatic heterocycles. The molecule has 2 aliphatic rings. The highest BCUT2D eigenvalue weighted by Gasteiger charge is 2.39. The number of allylic oxidation sites excluding steroid dienone is 4. The molecule has 0 radical (unpaired) electrons. The summed E-state index contributed by atoms with van der Waals surface area (Å²) in [6.45, 7) is 12.1. The number of anilines is 1. The van der Waals surface area contributed by atoms with Crippen molar-refractivity contribution in [3.63, 3.8) is 0 Å². The van der Waals surface area contributed by atoms with E-state index < -0.39 is 0 Å². The van der Waals surface area contributed by atoms with E-state index in [9.17, 15) is 9.90 Å². The number of Topliss-reactive ketones (excluding diaryl/α,β-unsaturated/α-hetero) is 1. The molecule has 26 heavy (non-hydrogen) atoms. The van der Waals surface area contributed by atoms with Gasteiger partial charge in [0.25, 0.3) is 0 Å². The fourth-order valence-corrected chi connectivity index (χ4v) is 3.82. The van der Waals surface area contributed by atoms with Crippen molar-refractivity contribution in [1.29, 1.82) is 0 Å². The van der Waals surface area contributed by atoms with Crippen LogP contribution in [0.2, 0.25) is 0 Å². The Morgan fingerprint density at radius 1 is 1.00 bits per heavy atom. The van der Waals surface area contributed by atoms with Gasteiger partial charge in [0.2, 0.25) is 5.78 Å². The van der Waals surface area contributed by atoms with Crippen molar-refractivity contribution in [3.05, 3.63) is 58.0 Å². The van der Waals surface area contributed by atoms with Gasteiger partial charge in [0.05, 0.1) is 16.8 Å². The first-order chi connectivity index (χ1) is 12.4. The lowest BCUT2D eigenvalue weighted by Crippen LogP contribution is -2.23. The zero-order chi connectivity index (χ0) is 19.0. The maximum absolute atomic E-state index is 12.8. The topological polar surface area (TPSA) is 52.9 Å². The van der Waals surface area contributed by atoms with Crippen LogP contribution in [0.4, 0.5) is 5.69 Å². The van der Waals surface area contributed by atoms with Gasteiger partial charge in [0.15, 0.2) is 0 Å². The van der Waals surface area contributed by atoms with Crippen molar-refractivity contribution in [2.75, 3.05) is 18.0 Å². The summed E-state index contributed by atoms with van der Waals surface area (Å²) >= 11 is 0. The molecule has 0 saturated carbocycles. The minimum Gasteiger partial charge on any atom is -0.506 e. The molecule has 0 bridgehead atoms. The molecule has 1 heterocycles. The van der Waals surface area contributed by atoms with E-state index in [4.69, 9.17) is 0 Å². The Labute approximate surface area is 155 Å². The first-order valence-corrected chi connectivity index (χ1v) is 9.28. The summed E-state index contributed by atoms with van der Waals surface area (Å²) in [6.07, 6.45) is 0.871. The van der Waals surface area contributed by atoms with Crippen molar-refractivity contribution in [1.82, 2.24) is 0 Å². The predicted molar refractivity (Wildman–Crippen MR) is 108 cm³/mol. The zero-order valence-corrected chi connectivity index (χ0v) is 16.2. The standard InChI is InChI=1S/C22H26N2O2/c1-6-17-13(4)20(23-14(17)5)19-21(25)18(22(19)26)15-9-11-16(12-10-15)24(7-2)8-3/h9-12,25H,6-8H2,1-5H3/b20-19+. The molecule has 136 valence electrons. The number of aliphatic imine (C=N–C) groups is 1. The molecule has 1 aliphatic carbocycles. The lowest BCUT2D eigenvalue weighted by Gasteiger charge is -2.24. The largest absolute Gasteiger partial charge is 0.506 e. The Hall–Kier alpha value is -2.62. The molecule has 0 spiro atoms. The Balaban J connectivity index is 1.98. The summed E-state index contributed by atoms with van der Waals surface area (Å²) in [5, 5.41) is 10.6. The van der Waals surface area contributed by atoms with Gasteiger partial charge in [0, 0.05) is 24.5 Å². The van der Waals surface area contributed by atoms with Gasteiger partial charge in [-0.15, -0.1) is 0 Å². The van der Waals surface area contributed by atoms with Gasteiger partial charge >= 0.3 is 0 Å². The van der Waals surface area contributed by atoms with Crippen LogP contribution in [0.25, 0.3) is 5.57 Å². The summed E-state index contributed by atoms with van der Waals surface area (Å²) in [5.74, 6) is -0.0600. The van der Waals surface area contributed by atoms with E-state index in [1.54, 1.807) is 0 Å². The number of carbonyl (C=O) groups is 1. The summed E-state index contributed by atoms with van der Waals surface area (Å²) in [7, 11) is 0. The van der Waals surface area contributed by atoms with E-state index in [1.807, 2.05) is 38.1 Å². The Morgan fingerprint density at radius 3 is 2.08 bits per heavy atom. The Morgan fingerprint density at radius 2 is 1.62 bits per heavy atom. The highest BCUT2D eigenvalue weighted by molar-refractivity contribution is 6.39. The number of rotatable bonds is 5. The molecule has 0 aromatic heterocycles. The molecule has 1 aromatic carbocycles. The van der Waals surface area contributed by atoms with Crippen molar-refractivity contribution >= 4 is 22.8 Å². The normalized spacial score (nSPS) is 19.9. The van der Waals surface area contributed by atoms with Crippen LogP contribution in [-0.4, -0.2) is 29.7 Å². The van der Waals surface area contributed by atoms with Gasteiger partial charge in [-0.1, -0.05) is 19.1 Å². The van der Waals surface area contributed by atoms with Crippen molar-refractivity contribution in [3.8, 4) is 0 Å². The summed E-state index contributed by atoms with van der Waals surface area (Å²) in [4.78, 5) is 19.5. The molecule has 0 atom stereocenters. The van der Waals surface area contributed by atoms with Crippen LogP contribution in [-0.2, 0) is 4.79 Å². The highest BCUT2D eigenvalue weighted by Crippen LogP contribution is 2.42. The molecule has 0 amide bonds. The average Bonchev–Trinajstić information content (AvgIpc) is 2.91. The number of benzene rings is 1. The van der Waals surface area contributed by atoms with Crippen LogP contribution >= 0.6 is 0 Å². The van der Waals surface area contributed by atoms with Crippen LogP contribution in [0.3, 0.4) is 0 Å². The van der Waals surface area contributed by atoms with Crippen LogP contribution in [0, 0.1) is 0 Å². The zero-order valence-electron chi connectivity index (χ0n) is 16.2. The third kappa shape index (κ3) is 2.70. The third-order valence-corrected chi connectivity index (χ3v) is 5.33. The number of hydrogen-bond donors (Lipinski definition) is 1. The van der Waals surface area contributed by atoms with Crippen molar-refractivity contribution in [2.45, 2.75) is 41.0 Å². The second kappa shape index (κ2) is 6.94. The molecule has 4 nitrogen and oxygen atoms in total. The van der Waals surface area contributed by atoms with E-state index in [0.29, 0.717) is 16.8 Å². The lowest BCUT2D eigenvalue weighted by molar-refractivity contribution is -0.111. The minimum atomic E-state index is -0.124. The van der Waals surface area contributed by atoms with Crippen molar-refractivity contribution < 1.29 is 9.90 Å². The van der Waals surface area contributed by atoms with Gasteiger partial charge in [0.1, 0.15) is 5.76 Å². The number of nitrogens with zero attached hydrogens (tertiary/aromatic N) is 2. The maximum atomic E-state index is 12.8. The first kappa shape index (κ1) is 18.2. The molecule has 1 N–H and O–H groups in total. The molecular formula is C22H26N2O2. The highest BCUT2D eigenvalue weighted by atomic mass is 16.3. The molecule has 0 fully saturated rings. The molecule has 0 unspecified atom stereocenters. The predicted octanol–water partition coefficient (Wildman–Crippen LogP) is 4.84. The number of ketones is 1. The van der Waals surface area contributed by atoms with Gasteiger partial charge in [-0.3, -0.25) is 9.79 Å². The second-order valence-electron chi connectivity index (χ2n) is 6.65.